The van der Waals surface area contributed by atoms with Crippen LogP contribution in [0.15, 0.2) is 36.5 Å². The Morgan fingerprint density at radius 3 is 2.96 bits per heavy atom. The van der Waals surface area contributed by atoms with Crippen LogP contribution in [0, 0.1) is 0 Å². The lowest BCUT2D eigenvalue weighted by atomic mass is 10.1. The first kappa shape index (κ1) is 15.8. The van der Waals surface area contributed by atoms with Crippen molar-refractivity contribution in [3.8, 4) is 5.75 Å². The van der Waals surface area contributed by atoms with Crippen LogP contribution in [0.2, 0.25) is 0 Å². The van der Waals surface area contributed by atoms with E-state index in [1.807, 2.05) is 0 Å². The van der Waals surface area contributed by atoms with E-state index in [4.69, 9.17) is 0 Å². The molecule has 2 heterocycles. The number of aromatic nitrogens is 4. The van der Waals surface area contributed by atoms with E-state index in [0.29, 0.717) is 18.0 Å². The smallest absolute Gasteiger partial charge is 0.406 e. The fourth-order valence-electron chi connectivity index (χ4n) is 3.10. The molecule has 1 aliphatic rings. The van der Waals surface area contributed by atoms with Gasteiger partial charge in [-0.15, -0.1) is 23.4 Å². The van der Waals surface area contributed by atoms with E-state index in [2.05, 4.69) is 25.3 Å². The highest BCUT2D eigenvalue weighted by Gasteiger charge is 2.32. The van der Waals surface area contributed by atoms with Crippen molar-refractivity contribution in [1.82, 2.24) is 25.1 Å². The number of fused-ring (bicyclic) bond motifs is 2. The molecule has 0 saturated heterocycles. The number of nitrogens with one attached hydrogen (secondary N) is 1. The van der Waals surface area contributed by atoms with Crippen LogP contribution in [0.5, 0.6) is 5.75 Å². The largest absolute Gasteiger partial charge is 0.573 e. The Labute approximate surface area is 140 Å². The molecule has 0 aliphatic heterocycles. The maximum atomic E-state index is 12.4. The van der Waals surface area contributed by atoms with Gasteiger partial charge in [0, 0.05) is 12.2 Å². The molecule has 0 fully saturated rings. The Balaban J connectivity index is 1.51. The minimum atomic E-state index is -4.69. The molecule has 3 aromatic rings. The molecule has 6 nitrogen and oxygen atoms in total. The molecule has 0 amide bonds. The molecule has 25 heavy (non-hydrogen) atoms. The molecule has 1 aromatic carbocycles. The molecule has 130 valence electrons. The summed E-state index contributed by atoms with van der Waals surface area (Å²) in [6, 6.07) is 8.00. The third kappa shape index (κ3) is 3.27. The zero-order valence-corrected chi connectivity index (χ0v) is 13.0. The second-order valence-electron chi connectivity index (χ2n) is 5.79. The van der Waals surface area contributed by atoms with Crippen molar-refractivity contribution in [3.05, 3.63) is 53.5 Å². The lowest BCUT2D eigenvalue weighted by molar-refractivity contribution is -0.274. The monoisotopic (exact) mass is 349 g/mol. The Bertz CT molecular complexity index is 908. The predicted molar refractivity (Wildman–Crippen MR) is 81.8 cm³/mol. The SMILES string of the molecule is FC(F)(F)Oc1ccc2c(c1)C(NCc1nnc3cccnn13)CC2. The quantitative estimate of drug-likeness (QED) is 0.785. The number of benzene rings is 1. The maximum Gasteiger partial charge on any atom is 0.573 e. The Morgan fingerprint density at radius 1 is 1.24 bits per heavy atom. The fraction of sp³-hybridized carbons (Fsp3) is 0.312. The van der Waals surface area contributed by atoms with E-state index in [1.165, 1.54) is 12.1 Å². The number of aryl methyl sites for hydroxylation is 1. The average molecular weight is 349 g/mol. The average Bonchev–Trinajstić information content (AvgIpc) is 3.15. The van der Waals surface area contributed by atoms with E-state index >= 15 is 0 Å². The Morgan fingerprint density at radius 2 is 2.12 bits per heavy atom. The van der Waals surface area contributed by atoms with Crippen molar-refractivity contribution < 1.29 is 17.9 Å². The predicted octanol–water partition coefficient (Wildman–Crippen LogP) is 2.80. The van der Waals surface area contributed by atoms with Gasteiger partial charge in [0.25, 0.3) is 0 Å². The standard InChI is InChI=1S/C16H14F3N5O/c17-16(18,19)25-11-5-3-10-4-6-13(12(10)8-11)20-9-15-23-22-14-2-1-7-21-24(14)15/h1-3,5,7-8,13,20H,4,6,9H2. The highest BCUT2D eigenvalue weighted by atomic mass is 19.4. The minimum Gasteiger partial charge on any atom is -0.406 e. The number of ether oxygens (including phenoxy) is 1. The molecule has 1 N–H and O–H groups in total. The van der Waals surface area contributed by atoms with Gasteiger partial charge in [0.05, 0.1) is 6.54 Å². The number of nitrogens with zero attached hydrogens (tertiary/aromatic N) is 4. The summed E-state index contributed by atoms with van der Waals surface area (Å²) in [5.74, 6) is 0.446. The van der Waals surface area contributed by atoms with Gasteiger partial charge in [-0.1, -0.05) is 6.07 Å². The van der Waals surface area contributed by atoms with Crippen molar-refractivity contribution in [3.63, 3.8) is 0 Å². The zero-order chi connectivity index (χ0) is 17.4. The van der Waals surface area contributed by atoms with Crippen LogP contribution in [-0.4, -0.2) is 26.2 Å². The molecule has 0 saturated carbocycles. The number of rotatable bonds is 4. The lowest BCUT2D eigenvalue weighted by Crippen LogP contribution is -2.21. The summed E-state index contributed by atoms with van der Waals surface area (Å²) in [7, 11) is 0. The maximum absolute atomic E-state index is 12.4. The highest BCUT2D eigenvalue weighted by molar-refractivity contribution is 5.41. The van der Waals surface area contributed by atoms with Crippen molar-refractivity contribution in [2.45, 2.75) is 31.8 Å². The van der Waals surface area contributed by atoms with Gasteiger partial charge in [0.15, 0.2) is 11.5 Å². The summed E-state index contributed by atoms with van der Waals surface area (Å²) in [5.41, 5.74) is 2.49. The second-order valence-corrected chi connectivity index (χ2v) is 5.79. The van der Waals surface area contributed by atoms with Crippen LogP contribution in [-0.2, 0) is 13.0 Å². The normalized spacial score (nSPS) is 17.0. The van der Waals surface area contributed by atoms with Gasteiger partial charge in [-0.05, 0) is 48.2 Å². The van der Waals surface area contributed by atoms with Crippen molar-refractivity contribution >= 4 is 5.65 Å². The summed E-state index contributed by atoms with van der Waals surface area (Å²) >= 11 is 0. The van der Waals surface area contributed by atoms with Crippen LogP contribution in [0.3, 0.4) is 0 Å². The molecule has 1 atom stereocenters. The number of halogens is 3. The van der Waals surface area contributed by atoms with E-state index < -0.39 is 6.36 Å². The van der Waals surface area contributed by atoms with Gasteiger partial charge in [-0.2, -0.15) is 9.61 Å². The first-order valence-corrected chi connectivity index (χ1v) is 7.77. The van der Waals surface area contributed by atoms with Crippen LogP contribution in [0.1, 0.15) is 29.4 Å². The van der Waals surface area contributed by atoms with Gasteiger partial charge in [0.2, 0.25) is 0 Å². The molecule has 1 aliphatic carbocycles. The minimum absolute atomic E-state index is 0.0668. The van der Waals surface area contributed by atoms with Gasteiger partial charge < -0.3 is 10.1 Å². The van der Waals surface area contributed by atoms with E-state index in [1.54, 1.807) is 28.9 Å². The van der Waals surface area contributed by atoms with Crippen LogP contribution in [0.25, 0.3) is 5.65 Å². The fourth-order valence-corrected chi connectivity index (χ4v) is 3.10. The molecule has 9 heteroatoms. The lowest BCUT2D eigenvalue weighted by Gasteiger charge is -2.15. The van der Waals surface area contributed by atoms with E-state index in [-0.39, 0.29) is 11.8 Å². The first-order chi connectivity index (χ1) is 12.0. The number of hydrogen-bond donors (Lipinski definition) is 1. The second kappa shape index (κ2) is 5.99. The summed E-state index contributed by atoms with van der Waals surface area (Å²) in [6.07, 6.45) is -1.44. The van der Waals surface area contributed by atoms with Gasteiger partial charge in [0.1, 0.15) is 5.75 Å². The molecule has 1 unspecified atom stereocenters. The van der Waals surface area contributed by atoms with Crippen LogP contribution >= 0.6 is 0 Å². The molecule has 0 radical (unpaired) electrons. The first-order valence-electron chi connectivity index (χ1n) is 7.77. The van der Waals surface area contributed by atoms with Crippen molar-refractivity contribution in [1.29, 1.82) is 0 Å². The highest BCUT2D eigenvalue weighted by Crippen LogP contribution is 2.35. The third-order valence-corrected chi connectivity index (χ3v) is 4.18. The molecule has 0 bridgehead atoms. The number of hydrogen-bond acceptors (Lipinski definition) is 5. The van der Waals surface area contributed by atoms with Gasteiger partial charge in [-0.3, -0.25) is 0 Å². The van der Waals surface area contributed by atoms with E-state index in [0.717, 1.165) is 24.0 Å². The van der Waals surface area contributed by atoms with Crippen LogP contribution in [0.4, 0.5) is 13.2 Å². The molecule has 2 aromatic heterocycles. The van der Waals surface area contributed by atoms with Gasteiger partial charge in [-0.25, -0.2) is 0 Å². The third-order valence-electron chi connectivity index (χ3n) is 4.18. The Kier molecular flexibility index (Phi) is 3.79. The molecule has 0 spiro atoms. The zero-order valence-electron chi connectivity index (χ0n) is 13.0. The Hall–Kier alpha value is -2.68. The molecular formula is C16H14F3N5O. The van der Waals surface area contributed by atoms with Crippen molar-refractivity contribution in [2.24, 2.45) is 0 Å². The summed E-state index contributed by atoms with van der Waals surface area (Å²) in [6.45, 7) is 0.409. The molecular weight excluding hydrogens is 335 g/mol. The summed E-state index contributed by atoms with van der Waals surface area (Å²) in [4.78, 5) is 0. The summed E-state index contributed by atoms with van der Waals surface area (Å²) in [5, 5.41) is 15.6. The molecule has 4 rings (SSSR count). The topological polar surface area (TPSA) is 64.3 Å². The number of alkyl halides is 3. The van der Waals surface area contributed by atoms with Gasteiger partial charge >= 0.3 is 6.36 Å². The summed E-state index contributed by atoms with van der Waals surface area (Å²) < 4.78 is 42.9. The van der Waals surface area contributed by atoms with E-state index in [9.17, 15) is 13.2 Å². The van der Waals surface area contributed by atoms with Crippen molar-refractivity contribution in [2.75, 3.05) is 0 Å². The van der Waals surface area contributed by atoms with Crippen LogP contribution < -0.4 is 10.1 Å².